The van der Waals surface area contributed by atoms with Gasteiger partial charge in [0.1, 0.15) is 18.3 Å². The van der Waals surface area contributed by atoms with Crippen molar-refractivity contribution in [1.82, 2.24) is 0 Å². The van der Waals surface area contributed by atoms with E-state index in [1.165, 1.54) is 0 Å². The molecule has 1 rings (SSSR count). The van der Waals surface area contributed by atoms with Crippen molar-refractivity contribution in [2.45, 2.75) is 30.7 Å². The highest BCUT2D eigenvalue weighted by atomic mass is 16.7. The Labute approximate surface area is 79.5 Å². The van der Waals surface area contributed by atoms with Crippen molar-refractivity contribution in [2.24, 2.45) is 0 Å². The number of ether oxygens (including phenoxy) is 2. The van der Waals surface area contributed by atoms with Gasteiger partial charge in [-0.15, -0.1) is 0 Å². The van der Waals surface area contributed by atoms with Crippen molar-refractivity contribution in [2.75, 3.05) is 7.11 Å². The normalized spacial score (nSPS) is 43.4. The van der Waals surface area contributed by atoms with Crippen LogP contribution in [0.1, 0.15) is 0 Å². The van der Waals surface area contributed by atoms with Gasteiger partial charge in [0, 0.05) is 0 Å². The lowest BCUT2D eigenvalue weighted by Crippen LogP contribution is -2.59. The predicted octanol–water partition coefficient (Wildman–Crippen LogP) is -3.04. The monoisotopic (exact) mass is 208 g/mol. The molecule has 0 aromatic rings. The minimum absolute atomic E-state index is 0.928. The van der Waals surface area contributed by atoms with Crippen molar-refractivity contribution < 1.29 is 34.7 Å². The first-order valence-corrected chi connectivity index (χ1v) is 3.94. The van der Waals surface area contributed by atoms with E-state index in [0.717, 1.165) is 7.11 Å². The number of hydrogen-bond donors (Lipinski definition) is 4. The molecule has 0 amide bonds. The highest BCUT2D eigenvalue weighted by Crippen LogP contribution is 2.20. The summed E-state index contributed by atoms with van der Waals surface area (Å²) in [6, 6.07) is 0. The molecule has 14 heavy (non-hydrogen) atoms. The smallest absolute Gasteiger partial charge is 0.337 e. The Morgan fingerprint density at radius 3 is 2.21 bits per heavy atom. The zero-order chi connectivity index (χ0) is 10.9. The summed E-state index contributed by atoms with van der Waals surface area (Å²) < 4.78 is 8.82. The molecule has 0 aliphatic carbocycles. The maximum atomic E-state index is 11.0. The first-order chi connectivity index (χ1) is 6.49. The average molecular weight is 208 g/mol. The van der Waals surface area contributed by atoms with Crippen LogP contribution in [0.4, 0.5) is 0 Å². The second-order valence-corrected chi connectivity index (χ2v) is 2.94. The molecule has 0 aromatic heterocycles. The predicted molar refractivity (Wildman–Crippen MR) is 40.9 cm³/mol. The molecule has 1 fully saturated rings. The molecule has 0 radical (unpaired) electrons. The average Bonchev–Trinajstić information content (AvgIpc) is 2.19. The molecule has 7 heteroatoms. The zero-order valence-electron chi connectivity index (χ0n) is 7.40. The van der Waals surface area contributed by atoms with Crippen molar-refractivity contribution in [3.63, 3.8) is 0 Å². The quantitative estimate of drug-likeness (QED) is 0.338. The Morgan fingerprint density at radius 1 is 1.14 bits per heavy atom. The van der Waals surface area contributed by atoms with Crippen molar-refractivity contribution in [3.05, 3.63) is 0 Å². The summed E-state index contributed by atoms with van der Waals surface area (Å²) in [6.45, 7) is 0. The van der Waals surface area contributed by atoms with E-state index < -0.39 is 36.7 Å². The zero-order valence-corrected chi connectivity index (χ0v) is 7.40. The third-order valence-corrected chi connectivity index (χ3v) is 2.02. The molecule has 82 valence electrons. The molecule has 5 atom stereocenters. The molecule has 1 aliphatic heterocycles. The minimum Gasteiger partial charge on any atom is -0.467 e. The molecular formula is C7H12O7. The summed E-state index contributed by atoms with van der Waals surface area (Å²) in [4.78, 5) is 11.0. The summed E-state index contributed by atoms with van der Waals surface area (Å²) >= 11 is 0. The third kappa shape index (κ3) is 1.86. The second-order valence-electron chi connectivity index (χ2n) is 2.94. The van der Waals surface area contributed by atoms with Crippen LogP contribution in [-0.4, -0.2) is 64.2 Å². The first-order valence-electron chi connectivity index (χ1n) is 3.94. The van der Waals surface area contributed by atoms with E-state index in [9.17, 15) is 15.0 Å². The number of esters is 1. The summed E-state index contributed by atoms with van der Waals surface area (Å²) in [7, 11) is 1.07. The summed E-state index contributed by atoms with van der Waals surface area (Å²) in [5.41, 5.74) is 0. The van der Waals surface area contributed by atoms with E-state index >= 15 is 0 Å². The Balaban J connectivity index is 2.75. The van der Waals surface area contributed by atoms with Gasteiger partial charge in [-0.05, 0) is 0 Å². The van der Waals surface area contributed by atoms with Crippen molar-refractivity contribution in [3.8, 4) is 0 Å². The maximum Gasteiger partial charge on any atom is 0.337 e. The number of aliphatic hydroxyl groups excluding tert-OH is 4. The van der Waals surface area contributed by atoms with E-state index in [1.54, 1.807) is 0 Å². The molecule has 7 nitrogen and oxygen atoms in total. The lowest BCUT2D eigenvalue weighted by molar-refractivity contribution is -0.280. The topological polar surface area (TPSA) is 116 Å². The first kappa shape index (κ1) is 11.3. The van der Waals surface area contributed by atoms with Crippen LogP contribution in [0.25, 0.3) is 0 Å². The van der Waals surface area contributed by atoms with Gasteiger partial charge in [0.2, 0.25) is 0 Å². The number of methoxy groups -OCH3 is 1. The van der Waals surface area contributed by atoms with Crippen LogP contribution in [0.15, 0.2) is 0 Å². The van der Waals surface area contributed by atoms with Gasteiger partial charge < -0.3 is 29.9 Å². The molecule has 0 bridgehead atoms. The van der Waals surface area contributed by atoms with E-state index in [1.807, 2.05) is 0 Å². The number of aliphatic hydroxyl groups is 4. The Kier molecular flexibility index (Phi) is 3.40. The van der Waals surface area contributed by atoms with Gasteiger partial charge in [-0.2, -0.15) is 0 Å². The fourth-order valence-corrected chi connectivity index (χ4v) is 1.17. The summed E-state index contributed by atoms with van der Waals surface area (Å²) in [5.74, 6) is -0.928. The Morgan fingerprint density at radius 2 is 1.71 bits per heavy atom. The SMILES string of the molecule is COC(=O)[C@H]1OC(O)[C@H](O)[C@@H](O)[C@@H]1O. The van der Waals surface area contributed by atoms with E-state index in [2.05, 4.69) is 9.47 Å². The molecule has 1 heterocycles. The van der Waals surface area contributed by atoms with Crippen molar-refractivity contribution >= 4 is 5.97 Å². The summed E-state index contributed by atoms with van der Waals surface area (Å²) in [6.07, 6.45) is -8.14. The fourth-order valence-electron chi connectivity index (χ4n) is 1.17. The maximum absolute atomic E-state index is 11.0. The van der Waals surface area contributed by atoms with Crippen LogP contribution < -0.4 is 0 Å². The van der Waals surface area contributed by atoms with Crippen LogP contribution in [0.2, 0.25) is 0 Å². The second kappa shape index (κ2) is 4.20. The lowest BCUT2D eigenvalue weighted by atomic mass is 9.99. The lowest BCUT2D eigenvalue weighted by Gasteiger charge is -2.36. The third-order valence-electron chi connectivity index (χ3n) is 2.02. The van der Waals surface area contributed by atoms with Gasteiger partial charge in [-0.3, -0.25) is 0 Å². The molecular weight excluding hydrogens is 196 g/mol. The standard InChI is InChI=1S/C7H12O7/c1-13-7(12)5-3(9)2(8)4(10)6(11)14-5/h2-6,8-11H,1H3/t2-,3-,4+,5-,6?/m0/s1. The molecule has 0 aromatic carbocycles. The number of carbonyl (C=O) groups excluding carboxylic acids is 1. The highest BCUT2D eigenvalue weighted by Gasteiger charge is 2.46. The largest absolute Gasteiger partial charge is 0.467 e. The minimum atomic E-state index is -1.72. The van der Waals surface area contributed by atoms with Crippen LogP contribution in [-0.2, 0) is 14.3 Å². The van der Waals surface area contributed by atoms with Gasteiger partial charge >= 0.3 is 5.97 Å². The van der Waals surface area contributed by atoms with E-state index in [4.69, 9.17) is 10.2 Å². The van der Waals surface area contributed by atoms with Crippen molar-refractivity contribution in [1.29, 1.82) is 0 Å². The molecule has 1 unspecified atom stereocenters. The Hall–Kier alpha value is -0.730. The van der Waals surface area contributed by atoms with Gasteiger partial charge in [-0.25, -0.2) is 4.79 Å². The van der Waals surface area contributed by atoms with Crippen LogP contribution in [0, 0.1) is 0 Å². The number of hydrogen-bond acceptors (Lipinski definition) is 7. The molecule has 0 saturated carbocycles. The van der Waals surface area contributed by atoms with Gasteiger partial charge in [0.15, 0.2) is 12.4 Å². The molecule has 1 saturated heterocycles. The van der Waals surface area contributed by atoms with Crippen LogP contribution >= 0.6 is 0 Å². The molecule has 0 spiro atoms. The summed E-state index contributed by atoms with van der Waals surface area (Å²) in [5, 5.41) is 36.5. The number of rotatable bonds is 1. The van der Waals surface area contributed by atoms with E-state index in [0.29, 0.717) is 0 Å². The van der Waals surface area contributed by atoms with Gasteiger partial charge in [-0.1, -0.05) is 0 Å². The highest BCUT2D eigenvalue weighted by molar-refractivity contribution is 5.75. The van der Waals surface area contributed by atoms with Crippen LogP contribution in [0.3, 0.4) is 0 Å². The fraction of sp³-hybridized carbons (Fsp3) is 0.857. The molecule has 1 aliphatic rings. The van der Waals surface area contributed by atoms with Crippen LogP contribution in [0.5, 0.6) is 0 Å². The number of carbonyl (C=O) groups is 1. The van der Waals surface area contributed by atoms with E-state index in [-0.39, 0.29) is 0 Å². The van der Waals surface area contributed by atoms with Gasteiger partial charge in [0.05, 0.1) is 7.11 Å². The molecule has 4 N–H and O–H groups in total. The van der Waals surface area contributed by atoms with Gasteiger partial charge in [0.25, 0.3) is 0 Å². The Bertz CT molecular complexity index is 218.